The van der Waals surface area contributed by atoms with E-state index in [1.54, 1.807) is 22.3 Å². The van der Waals surface area contributed by atoms with Gasteiger partial charge in [0.1, 0.15) is 12.4 Å². The van der Waals surface area contributed by atoms with Crippen LogP contribution in [0.5, 0.6) is 0 Å². The number of hydrogen-bond acceptors (Lipinski definition) is 3. The highest BCUT2D eigenvalue weighted by molar-refractivity contribution is 7.09. The summed E-state index contributed by atoms with van der Waals surface area (Å²) in [5, 5.41) is 1.98. The average molecular weight is 425 g/mol. The molecule has 0 unspecified atom stereocenters. The van der Waals surface area contributed by atoms with Gasteiger partial charge in [-0.25, -0.2) is 4.39 Å². The molecule has 4 nitrogen and oxygen atoms in total. The highest BCUT2D eigenvalue weighted by atomic mass is 32.1. The molecule has 3 aromatic rings. The van der Waals surface area contributed by atoms with E-state index in [1.165, 1.54) is 23.1 Å². The van der Waals surface area contributed by atoms with Crippen LogP contribution < -0.4 is 0 Å². The molecular formula is C24H25FN2O2S. The lowest BCUT2D eigenvalue weighted by atomic mass is 10.1. The monoisotopic (exact) mass is 424 g/mol. The van der Waals surface area contributed by atoms with Gasteiger partial charge in [0, 0.05) is 23.0 Å². The van der Waals surface area contributed by atoms with E-state index in [2.05, 4.69) is 0 Å². The maximum absolute atomic E-state index is 13.6. The molecule has 0 aliphatic heterocycles. The molecular weight excluding hydrogens is 399 g/mol. The van der Waals surface area contributed by atoms with Crippen LogP contribution in [0.15, 0.2) is 72.1 Å². The normalized spacial score (nSPS) is 10.8. The summed E-state index contributed by atoms with van der Waals surface area (Å²) in [4.78, 5) is 30.5. The maximum Gasteiger partial charge on any atom is 0.254 e. The van der Waals surface area contributed by atoms with E-state index in [-0.39, 0.29) is 30.0 Å². The summed E-state index contributed by atoms with van der Waals surface area (Å²) in [6.07, 6.45) is 0. The van der Waals surface area contributed by atoms with Gasteiger partial charge in [-0.15, -0.1) is 11.3 Å². The second kappa shape index (κ2) is 10.2. The first-order chi connectivity index (χ1) is 14.4. The van der Waals surface area contributed by atoms with Gasteiger partial charge in [0.05, 0.1) is 6.54 Å². The first-order valence-corrected chi connectivity index (χ1v) is 10.7. The molecule has 0 aliphatic rings. The van der Waals surface area contributed by atoms with Gasteiger partial charge in [-0.2, -0.15) is 0 Å². The lowest BCUT2D eigenvalue weighted by Gasteiger charge is -2.30. The zero-order valence-electron chi connectivity index (χ0n) is 17.1. The van der Waals surface area contributed by atoms with E-state index in [4.69, 9.17) is 0 Å². The molecule has 0 aliphatic carbocycles. The van der Waals surface area contributed by atoms with Gasteiger partial charge in [0.2, 0.25) is 5.91 Å². The summed E-state index contributed by atoms with van der Waals surface area (Å²) in [7, 11) is 0. The van der Waals surface area contributed by atoms with Gasteiger partial charge >= 0.3 is 0 Å². The van der Waals surface area contributed by atoms with Gasteiger partial charge in [-0.1, -0.05) is 42.5 Å². The van der Waals surface area contributed by atoms with Crippen molar-refractivity contribution in [2.45, 2.75) is 33.0 Å². The molecule has 156 valence electrons. The molecule has 0 spiro atoms. The zero-order chi connectivity index (χ0) is 21.5. The van der Waals surface area contributed by atoms with Gasteiger partial charge in [0.15, 0.2) is 0 Å². The van der Waals surface area contributed by atoms with Crippen LogP contribution in [0.2, 0.25) is 0 Å². The van der Waals surface area contributed by atoms with Crippen LogP contribution in [0.3, 0.4) is 0 Å². The topological polar surface area (TPSA) is 40.6 Å². The molecule has 0 atom stereocenters. The van der Waals surface area contributed by atoms with Crippen molar-refractivity contribution in [3.8, 4) is 0 Å². The Bertz CT molecular complexity index is 974. The summed E-state index contributed by atoms with van der Waals surface area (Å²) in [5.41, 5.74) is 1.26. The number of thiophene rings is 1. The number of carbonyl (C=O) groups excluding carboxylic acids is 2. The second-order valence-corrected chi connectivity index (χ2v) is 8.38. The first kappa shape index (κ1) is 21.7. The fourth-order valence-electron chi connectivity index (χ4n) is 3.15. The minimum Gasteiger partial charge on any atom is -0.332 e. The zero-order valence-corrected chi connectivity index (χ0v) is 17.9. The molecule has 3 rings (SSSR count). The molecule has 30 heavy (non-hydrogen) atoms. The van der Waals surface area contributed by atoms with Gasteiger partial charge in [-0.05, 0) is 49.1 Å². The van der Waals surface area contributed by atoms with Crippen molar-refractivity contribution >= 4 is 23.2 Å². The smallest absolute Gasteiger partial charge is 0.254 e. The molecule has 0 saturated carbocycles. The molecule has 0 radical (unpaired) electrons. The Labute approximate surface area is 180 Å². The van der Waals surface area contributed by atoms with Crippen LogP contribution >= 0.6 is 11.3 Å². The quantitative estimate of drug-likeness (QED) is 0.512. The predicted molar refractivity (Wildman–Crippen MR) is 118 cm³/mol. The lowest BCUT2D eigenvalue weighted by molar-refractivity contribution is -0.133. The molecule has 2 amide bonds. The van der Waals surface area contributed by atoms with Crippen LogP contribution in [0, 0.1) is 5.82 Å². The van der Waals surface area contributed by atoms with E-state index in [9.17, 15) is 14.0 Å². The minimum absolute atomic E-state index is 0.0643. The first-order valence-electron chi connectivity index (χ1n) is 9.84. The molecule has 0 fully saturated rings. The van der Waals surface area contributed by atoms with Crippen LogP contribution in [-0.2, 0) is 17.9 Å². The Balaban J connectivity index is 1.79. The minimum atomic E-state index is -0.473. The summed E-state index contributed by atoms with van der Waals surface area (Å²) in [6.45, 7) is 4.57. The number of halogens is 1. The molecule has 0 saturated heterocycles. The third kappa shape index (κ3) is 5.76. The van der Waals surface area contributed by atoms with Gasteiger partial charge in [0.25, 0.3) is 5.91 Å². The number of nitrogens with zero attached hydrogens (tertiary/aromatic N) is 2. The Morgan fingerprint density at radius 1 is 0.967 bits per heavy atom. The summed E-state index contributed by atoms with van der Waals surface area (Å²) in [5.74, 6) is -0.973. The molecule has 6 heteroatoms. The number of rotatable bonds is 8. The standard InChI is InChI=1S/C24H25FN2O2S/c1-18(2)27(24(29)20-10-6-11-21(25)14-20)17-23(28)26(16-22-12-7-13-30-22)15-19-8-4-3-5-9-19/h3-14,18H,15-17H2,1-2H3. The number of benzene rings is 2. The van der Waals surface area contributed by atoms with Crippen LogP contribution in [0.1, 0.15) is 34.6 Å². The number of amides is 2. The van der Waals surface area contributed by atoms with Crippen LogP contribution in [0.4, 0.5) is 4.39 Å². The Morgan fingerprint density at radius 2 is 1.73 bits per heavy atom. The molecule has 0 N–H and O–H groups in total. The van der Waals surface area contributed by atoms with E-state index >= 15 is 0 Å². The fourth-order valence-corrected chi connectivity index (χ4v) is 3.87. The largest absolute Gasteiger partial charge is 0.332 e. The highest BCUT2D eigenvalue weighted by Gasteiger charge is 2.25. The van der Waals surface area contributed by atoms with Gasteiger partial charge < -0.3 is 9.80 Å². The summed E-state index contributed by atoms with van der Waals surface area (Å²) < 4.78 is 13.6. The van der Waals surface area contributed by atoms with Crippen molar-refractivity contribution in [1.82, 2.24) is 9.80 Å². The van der Waals surface area contributed by atoms with Crippen molar-refractivity contribution in [3.05, 3.63) is 93.9 Å². The number of hydrogen-bond donors (Lipinski definition) is 0. The van der Waals surface area contributed by atoms with E-state index in [0.717, 1.165) is 10.4 Å². The van der Waals surface area contributed by atoms with Crippen molar-refractivity contribution in [3.63, 3.8) is 0 Å². The lowest BCUT2D eigenvalue weighted by Crippen LogP contribution is -2.45. The van der Waals surface area contributed by atoms with Crippen molar-refractivity contribution < 1.29 is 14.0 Å². The van der Waals surface area contributed by atoms with Crippen molar-refractivity contribution in [1.29, 1.82) is 0 Å². The number of carbonyl (C=O) groups is 2. The second-order valence-electron chi connectivity index (χ2n) is 7.35. The van der Waals surface area contributed by atoms with Crippen molar-refractivity contribution in [2.24, 2.45) is 0 Å². The Morgan fingerprint density at radius 3 is 2.37 bits per heavy atom. The molecule has 0 bridgehead atoms. The molecule has 1 aromatic heterocycles. The third-order valence-corrected chi connectivity index (χ3v) is 5.62. The SMILES string of the molecule is CC(C)N(CC(=O)N(Cc1ccccc1)Cc1cccs1)C(=O)c1cccc(F)c1. The van der Waals surface area contributed by atoms with Gasteiger partial charge in [-0.3, -0.25) is 9.59 Å². The Hall–Kier alpha value is -2.99. The third-order valence-electron chi connectivity index (χ3n) is 4.76. The summed E-state index contributed by atoms with van der Waals surface area (Å²) >= 11 is 1.59. The van der Waals surface area contributed by atoms with Crippen LogP contribution in [0.25, 0.3) is 0 Å². The molecule has 2 aromatic carbocycles. The fraction of sp³-hybridized carbons (Fsp3) is 0.250. The Kier molecular flexibility index (Phi) is 7.36. The average Bonchev–Trinajstić information content (AvgIpc) is 3.24. The van der Waals surface area contributed by atoms with Crippen molar-refractivity contribution in [2.75, 3.05) is 6.54 Å². The van der Waals surface area contributed by atoms with Crippen LogP contribution in [-0.4, -0.2) is 34.2 Å². The van der Waals surface area contributed by atoms with E-state index < -0.39 is 5.82 Å². The summed E-state index contributed by atoms with van der Waals surface area (Å²) in [6, 6.07) is 19.1. The maximum atomic E-state index is 13.6. The highest BCUT2D eigenvalue weighted by Crippen LogP contribution is 2.17. The van der Waals surface area contributed by atoms with E-state index in [1.807, 2.05) is 61.7 Å². The predicted octanol–water partition coefficient (Wildman–Crippen LogP) is 4.97. The molecule has 1 heterocycles. The van der Waals surface area contributed by atoms with E-state index in [0.29, 0.717) is 13.1 Å².